The van der Waals surface area contributed by atoms with Crippen molar-refractivity contribution < 1.29 is 0 Å². The molecule has 0 saturated carbocycles. The zero-order chi connectivity index (χ0) is 13.7. The third-order valence-electron chi connectivity index (χ3n) is 3.06. The van der Waals surface area contributed by atoms with E-state index in [-0.39, 0.29) is 0 Å². The first kappa shape index (κ1) is 13.7. The fourth-order valence-corrected chi connectivity index (χ4v) is 2.12. The minimum atomic E-state index is 0.687. The SMILES string of the molecule is CCCc1nc(C)cc(-c2ccc(CCN)cc2)n1. The lowest BCUT2D eigenvalue weighted by molar-refractivity contribution is 0.827. The van der Waals surface area contributed by atoms with Gasteiger partial charge in [-0.3, -0.25) is 0 Å². The third-order valence-corrected chi connectivity index (χ3v) is 3.06. The van der Waals surface area contributed by atoms with Gasteiger partial charge in [0.25, 0.3) is 0 Å². The minimum absolute atomic E-state index is 0.687. The van der Waals surface area contributed by atoms with Crippen LogP contribution in [0.25, 0.3) is 11.3 Å². The van der Waals surface area contributed by atoms with Crippen LogP contribution in [0, 0.1) is 6.92 Å². The second kappa shape index (κ2) is 6.43. The summed E-state index contributed by atoms with van der Waals surface area (Å²) in [4.78, 5) is 9.10. The van der Waals surface area contributed by atoms with Crippen LogP contribution in [0.15, 0.2) is 30.3 Å². The topological polar surface area (TPSA) is 51.8 Å². The third kappa shape index (κ3) is 3.61. The number of hydrogen-bond acceptors (Lipinski definition) is 3. The van der Waals surface area contributed by atoms with Gasteiger partial charge in [0.2, 0.25) is 0 Å². The van der Waals surface area contributed by atoms with Crippen LogP contribution < -0.4 is 5.73 Å². The average molecular weight is 255 g/mol. The number of aromatic nitrogens is 2. The Morgan fingerprint density at radius 3 is 2.42 bits per heavy atom. The predicted molar refractivity (Wildman–Crippen MR) is 79.0 cm³/mol. The molecule has 1 heterocycles. The molecular weight excluding hydrogens is 234 g/mol. The Kier molecular flexibility index (Phi) is 4.63. The van der Waals surface area contributed by atoms with Gasteiger partial charge in [-0.2, -0.15) is 0 Å². The molecule has 0 unspecified atom stereocenters. The van der Waals surface area contributed by atoms with Crippen molar-refractivity contribution in [2.75, 3.05) is 6.54 Å². The fourth-order valence-electron chi connectivity index (χ4n) is 2.12. The van der Waals surface area contributed by atoms with E-state index in [4.69, 9.17) is 5.73 Å². The van der Waals surface area contributed by atoms with Crippen LogP contribution in [0.4, 0.5) is 0 Å². The van der Waals surface area contributed by atoms with E-state index in [1.165, 1.54) is 5.56 Å². The summed E-state index contributed by atoms with van der Waals surface area (Å²) >= 11 is 0. The molecule has 0 bridgehead atoms. The van der Waals surface area contributed by atoms with Gasteiger partial charge in [0.05, 0.1) is 5.69 Å². The lowest BCUT2D eigenvalue weighted by Crippen LogP contribution is -2.02. The normalized spacial score (nSPS) is 10.7. The molecule has 2 rings (SSSR count). The molecule has 0 aliphatic carbocycles. The Labute approximate surface area is 114 Å². The Balaban J connectivity index is 2.29. The zero-order valence-electron chi connectivity index (χ0n) is 11.7. The minimum Gasteiger partial charge on any atom is -0.330 e. The van der Waals surface area contributed by atoms with Gasteiger partial charge < -0.3 is 5.73 Å². The highest BCUT2D eigenvalue weighted by atomic mass is 14.9. The molecule has 0 spiro atoms. The van der Waals surface area contributed by atoms with Crippen LogP contribution in [-0.4, -0.2) is 16.5 Å². The lowest BCUT2D eigenvalue weighted by Gasteiger charge is -2.06. The van der Waals surface area contributed by atoms with E-state index in [1.54, 1.807) is 0 Å². The zero-order valence-corrected chi connectivity index (χ0v) is 11.7. The standard InChI is InChI=1S/C16H21N3/c1-3-4-16-18-12(2)11-15(19-16)14-7-5-13(6-8-14)9-10-17/h5-8,11H,3-4,9-10,17H2,1-2H3. The maximum atomic E-state index is 5.56. The number of rotatable bonds is 5. The second-order valence-corrected chi connectivity index (χ2v) is 4.80. The van der Waals surface area contributed by atoms with E-state index in [1.807, 2.05) is 13.0 Å². The summed E-state index contributed by atoms with van der Waals surface area (Å²) in [5.41, 5.74) is 10.0. The molecule has 2 aromatic rings. The molecule has 3 nitrogen and oxygen atoms in total. The Bertz CT molecular complexity index is 532. The number of nitrogens with zero attached hydrogens (tertiary/aromatic N) is 2. The van der Waals surface area contributed by atoms with Gasteiger partial charge in [-0.05, 0) is 37.9 Å². The molecule has 0 aliphatic rings. The molecule has 0 saturated heterocycles. The van der Waals surface area contributed by atoms with Crippen molar-refractivity contribution in [3.8, 4) is 11.3 Å². The molecule has 3 heteroatoms. The van der Waals surface area contributed by atoms with E-state index in [2.05, 4.69) is 41.2 Å². The van der Waals surface area contributed by atoms with Crippen LogP contribution in [-0.2, 0) is 12.8 Å². The maximum Gasteiger partial charge on any atom is 0.129 e. The van der Waals surface area contributed by atoms with Gasteiger partial charge in [-0.15, -0.1) is 0 Å². The van der Waals surface area contributed by atoms with E-state index >= 15 is 0 Å². The quantitative estimate of drug-likeness (QED) is 0.893. The van der Waals surface area contributed by atoms with Crippen molar-refractivity contribution in [2.45, 2.75) is 33.1 Å². The van der Waals surface area contributed by atoms with E-state index in [0.29, 0.717) is 6.54 Å². The van der Waals surface area contributed by atoms with E-state index < -0.39 is 0 Å². The molecule has 1 aromatic heterocycles. The first-order valence-corrected chi connectivity index (χ1v) is 6.87. The summed E-state index contributed by atoms with van der Waals surface area (Å²) in [5, 5.41) is 0. The molecule has 0 amide bonds. The Hall–Kier alpha value is -1.74. The Morgan fingerprint density at radius 2 is 1.79 bits per heavy atom. The molecular formula is C16H21N3. The van der Waals surface area contributed by atoms with Crippen LogP contribution in [0.3, 0.4) is 0 Å². The second-order valence-electron chi connectivity index (χ2n) is 4.80. The van der Waals surface area contributed by atoms with Gasteiger partial charge in [0, 0.05) is 17.7 Å². The van der Waals surface area contributed by atoms with Crippen molar-refractivity contribution in [2.24, 2.45) is 5.73 Å². The van der Waals surface area contributed by atoms with Crippen molar-refractivity contribution in [3.63, 3.8) is 0 Å². The van der Waals surface area contributed by atoms with Gasteiger partial charge in [-0.1, -0.05) is 31.2 Å². The van der Waals surface area contributed by atoms with Crippen molar-refractivity contribution >= 4 is 0 Å². The van der Waals surface area contributed by atoms with Crippen LogP contribution >= 0.6 is 0 Å². The highest BCUT2D eigenvalue weighted by molar-refractivity contribution is 5.59. The molecule has 0 fully saturated rings. The van der Waals surface area contributed by atoms with Gasteiger partial charge in [0.1, 0.15) is 5.82 Å². The average Bonchev–Trinajstić information content (AvgIpc) is 2.40. The van der Waals surface area contributed by atoms with Gasteiger partial charge in [0.15, 0.2) is 0 Å². The summed E-state index contributed by atoms with van der Waals surface area (Å²) < 4.78 is 0. The molecule has 1 aromatic carbocycles. The highest BCUT2D eigenvalue weighted by Gasteiger charge is 2.04. The predicted octanol–water partition coefficient (Wildman–Crippen LogP) is 2.91. The van der Waals surface area contributed by atoms with Crippen molar-refractivity contribution in [1.29, 1.82) is 0 Å². The fraction of sp³-hybridized carbons (Fsp3) is 0.375. The maximum absolute atomic E-state index is 5.56. The van der Waals surface area contributed by atoms with Crippen molar-refractivity contribution in [3.05, 3.63) is 47.4 Å². The Morgan fingerprint density at radius 1 is 1.05 bits per heavy atom. The number of nitrogens with two attached hydrogens (primary N) is 1. The number of hydrogen-bond donors (Lipinski definition) is 1. The molecule has 19 heavy (non-hydrogen) atoms. The number of aryl methyl sites for hydroxylation is 2. The largest absolute Gasteiger partial charge is 0.330 e. The van der Waals surface area contributed by atoms with Gasteiger partial charge in [-0.25, -0.2) is 9.97 Å². The van der Waals surface area contributed by atoms with E-state index in [0.717, 1.165) is 42.0 Å². The van der Waals surface area contributed by atoms with Crippen LogP contribution in [0.1, 0.15) is 30.4 Å². The molecule has 100 valence electrons. The molecule has 0 radical (unpaired) electrons. The lowest BCUT2D eigenvalue weighted by atomic mass is 10.1. The van der Waals surface area contributed by atoms with E-state index in [9.17, 15) is 0 Å². The first-order chi connectivity index (χ1) is 9.22. The molecule has 2 N–H and O–H groups in total. The molecule has 0 aliphatic heterocycles. The summed E-state index contributed by atoms with van der Waals surface area (Å²) in [6.07, 6.45) is 2.92. The smallest absolute Gasteiger partial charge is 0.129 e. The highest BCUT2D eigenvalue weighted by Crippen LogP contribution is 2.19. The monoisotopic (exact) mass is 255 g/mol. The number of benzene rings is 1. The molecule has 0 atom stereocenters. The van der Waals surface area contributed by atoms with Crippen molar-refractivity contribution in [1.82, 2.24) is 9.97 Å². The summed E-state index contributed by atoms with van der Waals surface area (Å²) in [6, 6.07) is 10.5. The summed E-state index contributed by atoms with van der Waals surface area (Å²) in [7, 11) is 0. The van der Waals surface area contributed by atoms with Gasteiger partial charge >= 0.3 is 0 Å². The summed E-state index contributed by atoms with van der Waals surface area (Å²) in [6.45, 7) is 4.85. The summed E-state index contributed by atoms with van der Waals surface area (Å²) in [5.74, 6) is 0.934. The van der Waals surface area contributed by atoms with Crippen LogP contribution in [0.5, 0.6) is 0 Å². The van der Waals surface area contributed by atoms with Crippen LogP contribution in [0.2, 0.25) is 0 Å². The first-order valence-electron chi connectivity index (χ1n) is 6.87.